The van der Waals surface area contributed by atoms with Crippen molar-refractivity contribution in [1.82, 2.24) is 9.80 Å². The van der Waals surface area contributed by atoms with Gasteiger partial charge >= 0.3 is 0 Å². The molecule has 1 aliphatic heterocycles. The van der Waals surface area contributed by atoms with E-state index in [2.05, 4.69) is 0 Å². The van der Waals surface area contributed by atoms with Crippen molar-refractivity contribution in [1.29, 1.82) is 0 Å². The summed E-state index contributed by atoms with van der Waals surface area (Å²) in [5, 5.41) is 0. The molecule has 0 N–H and O–H groups in total. The quantitative estimate of drug-likeness (QED) is 0.740. The third-order valence-electron chi connectivity index (χ3n) is 5.88. The Morgan fingerprint density at radius 2 is 1.74 bits per heavy atom. The fraction of sp³-hybridized carbons (Fsp3) is 0.550. The molecule has 1 saturated carbocycles. The highest BCUT2D eigenvalue weighted by Gasteiger charge is 2.47. The van der Waals surface area contributed by atoms with Crippen LogP contribution in [0.5, 0.6) is 0 Å². The van der Waals surface area contributed by atoms with Gasteiger partial charge in [0.25, 0.3) is 0 Å². The number of rotatable bonds is 5. The van der Waals surface area contributed by atoms with Crippen LogP contribution in [-0.2, 0) is 14.4 Å². The summed E-state index contributed by atoms with van der Waals surface area (Å²) in [5.74, 6) is -2.92. The molecule has 146 valence electrons. The summed E-state index contributed by atoms with van der Waals surface area (Å²) in [6, 6.07) is 3.08. The summed E-state index contributed by atoms with van der Waals surface area (Å²) < 4.78 is 26.5. The second-order valence-corrected chi connectivity index (χ2v) is 7.43. The fourth-order valence-electron chi connectivity index (χ4n) is 4.05. The number of imide groups is 1. The van der Waals surface area contributed by atoms with E-state index in [4.69, 9.17) is 0 Å². The molecule has 1 aromatic rings. The van der Waals surface area contributed by atoms with Gasteiger partial charge in [0, 0.05) is 20.0 Å². The monoisotopic (exact) mass is 378 g/mol. The summed E-state index contributed by atoms with van der Waals surface area (Å²) >= 11 is 0. The Balaban J connectivity index is 1.60. The normalized spacial score (nSPS) is 23.3. The van der Waals surface area contributed by atoms with E-state index in [1.807, 2.05) is 0 Å². The minimum absolute atomic E-state index is 0.0153. The first kappa shape index (κ1) is 19.5. The highest BCUT2D eigenvalue weighted by molar-refractivity contribution is 6.05. The van der Waals surface area contributed by atoms with Crippen LogP contribution < -0.4 is 0 Å². The number of fused-ring (bicyclic) bond motifs is 1. The van der Waals surface area contributed by atoms with Crippen LogP contribution in [0.25, 0.3) is 0 Å². The predicted octanol–water partition coefficient (Wildman–Crippen LogP) is 3.05. The number of hydrogen-bond donors (Lipinski definition) is 0. The first-order valence-corrected chi connectivity index (χ1v) is 9.37. The molecule has 7 heteroatoms. The largest absolute Gasteiger partial charge is 0.339 e. The van der Waals surface area contributed by atoms with Gasteiger partial charge in [-0.15, -0.1) is 0 Å². The van der Waals surface area contributed by atoms with Gasteiger partial charge in [0.15, 0.2) is 11.6 Å². The van der Waals surface area contributed by atoms with Gasteiger partial charge in [0.2, 0.25) is 17.7 Å². The molecule has 1 aliphatic carbocycles. The van der Waals surface area contributed by atoms with E-state index in [0.29, 0.717) is 5.56 Å². The van der Waals surface area contributed by atoms with Gasteiger partial charge in [-0.2, -0.15) is 0 Å². The second-order valence-electron chi connectivity index (χ2n) is 7.43. The van der Waals surface area contributed by atoms with Gasteiger partial charge in [-0.1, -0.05) is 18.9 Å². The number of hydrogen-bond acceptors (Lipinski definition) is 3. The molecule has 3 unspecified atom stereocenters. The maximum absolute atomic E-state index is 13.4. The summed E-state index contributed by atoms with van der Waals surface area (Å²) in [7, 11) is 1.57. The first-order chi connectivity index (χ1) is 12.8. The lowest BCUT2D eigenvalue weighted by molar-refractivity contribution is -0.141. The number of nitrogens with zero attached hydrogens (tertiary/aromatic N) is 2. The number of halogens is 2. The van der Waals surface area contributed by atoms with Gasteiger partial charge in [0.05, 0.1) is 17.9 Å². The van der Waals surface area contributed by atoms with E-state index in [0.717, 1.165) is 37.8 Å². The highest BCUT2D eigenvalue weighted by Crippen LogP contribution is 2.38. The van der Waals surface area contributed by atoms with Gasteiger partial charge in [-0.05, 0) is 37.5 Å². The van der Waals surface area contributed by atoms with E-state index in [9.17, 15) is 23.2 Å². The SMILES string of the molecule is CC(c1ccc(F)c(F)c1)N(C)C(=O)CCN1C(=O)C2CCCCC2C1=O. The maximum atomic E-state index is 13.4. The molecule has 3 amide bonds. The standard InChI is InChI=1S/C20H24F2N2O3/c1-12(13-7-8-16(21)17(22)11-13)23(2)18(25)9-10-24-19(26)14-5-3-4-6-15(14)20(24)27/h7-8,11-12,14-15H,3-6,9-10H2,1-2H3. The topological polar surface area (TPSA) is 57.7 Å². The molecular weight excluding hydrogens is 354 g/mol. The summed E-state index contributed by atoms with van der Waals surface area (Å²) in [4.78, 5) is 40.1. The Morgan fingerprint density at radius 1 is 1.15 bits per heavy atom. The van der Waals surface area contributed by atoms with E-state index in [1.54, 1.807) is 14.0 Å². The molecule has 1 saturated heterocycles. The summed E-state index contributed by atoms with van der Waals surface area (Å²) in [6.07, 6.45) is 3.42. The van der Waals surface area contributed by atoms with Crippen LogP contribution in [0.1, 0.15) is 50.6 Å². The lowest BCUT2D eigenvalue weighted by Crippen LogP contribution is -2.36. The van der Waals surface area contributed by atoms with E-state index in [1.165, 1.54) is 15.9 Å². The van der Waals surface area contributed by atoms with Crippen LogP contribution in [0, 0.1) is 23.5 Å². The predicted molar refractivity (Wildman–Crippen MR) is 94.3 cm³/mol. The van der Waals surface area contributed by atoms with Gasteiger partial charge in [-0.25, -0.2) is 8.78 Å². The molecule has 27 heavy (non-hydrogen) atoms. The average molecular weight is 378 g/mol. The lowest BCUT2D eigenvalue weighted by atomic mass is 9.81. The average Bonchev–Trinajstić information content (AvgIpc) is 2.91. The van der Waals surface area contributed by atoms with E-state index in [-0.39, 0.29) is 42.5 Å². The molecule has 0 bridgehead atoms. The van der Waals surface area contributed by atoms with Crippen LogP contribution >= 0.6 is 0 Å². The molecular formula is C20H24F2N2O3. The van der Waals surface area contributed by atoms with Crippen molar-refractivity contribution in [3.8, 4) is 0 Å². The molecule has 1 heterocycles. The lowest BCUT2D eigenvalue weighted by Gasteiger charge is -2.26. The van der Waals surface area contributed by atoms with Gasteiger partial charge < -0.3 is 4.90 Å². The van der Waals surface area contributed by atoms with Crippen LogP contribution in [0.3, 0.4) is 0 Å². The van der Waals surface area contributed by atoms with E-state index >= 15 is 0 Å². The van der Waals surface area contributed by atoms with Crippen molar-refractivity contribution >= 4 is 17.7 Å². The Hall–Kier alpha value is -2.31. The zero-order chi connectivity index (χ0) is 19.7. The minimum atomic E-state index is -0.962. The third-order valence-corrected chi connectivity index (χ3v) is 5.88. The Kier molecular flexibility index (Phi) is 5.58. The molecule has 0 radical (unpaired) electrons. The van der Waals surface area contributed by atoms with Gasteiger partial charge in [0.1, 0.15) is 0 Å². The molecule has 0 spiro atoms. The van der Waals surface area contributed by atoms with Crippen molar-refractivity contribution in [3.05, 3.63) is 35.4 Å². The smallest absolute Gasteiger partial charge is 0.233 e. The Bertz CT molecular complexity index is 744. The zero-order valence-electron chi connectivity index (χ0n) is 15.6. The molecule has 2 aliphatic rings. The Labute approximate surface area is 157 Å². The second kappa shape index (κ2) is 7.74. The minimum Gasteiger partial charge on any atom is -0.339 e. The van der Waals surface area contributed by atoms with Crippen LogP contribution in [0.2, 0.25) is 0 Å². The van der Waals surface area contributed by atoms with Crippen molar-refractivity contribution in [2.45, 2.75) is 45.1 Å². The number of carbonyl (C=O) groups is 3. The highest BCUT2D eigenvalue weighted by atomic mass is 19.2. The van der Waals surface area contributed by atoms with E-state index < -0.39 is 17.7 Å². The van der Waals surface area contributed by atoms with Gasteiger partial charge in [-0.3, -0.25) is 19.3 Å². The molecule has 1 aromatic carbocycles. The van der Waals surface area contributed by atoms with Crippen LogP contribution in [-0.4, -0.2) is 41.1 Å². The molecule has 3 atom stereocenters. The van der Waals surface area contributed by atoms with Crippen molar-refractivity contribution < 1.29 is 23.2 Å². The Morgan fingerprint density at radius 3 is 2.30 bits per heavy atom. The summed E-state index contributed by atoms with van der Waals surface area (Å²) in [5.41, 5.74) is 0.476. The maximum Gasteiger partial charge on any atom is 0.233 e. The third kappa shape index (κ3) is 3.73. The molecule has 0 aromatic heterocycles. The molecule has 3 rings (SSSR count). The van der Waals surface area contributed by atoms with Crippen LogP contribution in [0.4, 0.5) is 8.78 Å². The zero-order valence-corrected chi connectivity index (χ0v) is 15.6. The van der Waals surface area contributed by atoms with Crippen LogP contribution in [0.15, 0.2) is 18.2 Å². The molecule has 2 fully saturated rings. The van der Waals surface area contributed by atoms with Crippen molar-refractivity contribution in [3.63, 3.8) is 0 Å². The number of benzene rings is 1. The van der Waals surface area contributed by atoms with Crippen molar-refractivity contribution in [2.24, 2.45) is 11.8 Å². The number of amides is 3. The number of likely N-dealkylation sites (tertiary alicyclic amines) is 1. The summed E-state index contributed by atoms with van der Waals surface area (Å²) in [6.45, 7) is 1.78. The molecule has 5 nitrogen and oxygen atoms in total. The first-order valence-electron chi connectivity index (χ1n) is 9.37. The number of carbonyl (C=O) groups excluding carboxylic acids is 3. The van der Waals surface area contributed by atoms with Crippen molar-refractivity contribution in [2.75, 3.05) is 13.6 Å². The fourth-order valence-corrected chi connectivity index (χ4v) is 4.05.